The van der Waals surface area contributed by atoms with Gasteiger partial charge in [0.25, 0.3) is 5.91 Å². The number of amides is 2. The van der Waals surface area contributed by atoms with Crippen LogP contribution in [0.4, 0.5) is 5.69 Å². The molecule has 7 heteroatoms. The van der Waals surface area contributed by atoms with E-state index in [4.69, 9.17) is 9.25 Å². The second-order valence-corrected chi connectivity index (χ2v) is 5.64. The minimum absolute atomic E-state index is 0.0484. The molecule has 120 valence electrons. The van der Waals surface area contributed by atoms with E-state index in [9.17, 15) is 14.4 Å². The summed E-state index contributed by atoms with van der Waals surface area (Å²) in [7, 11) is 0. The molecule has 24 heavy (non-hydrogen) atoms. The number of anilines is 1. The third kappa shape index (κ3) is 1.98. The van der Waals surface area contributed by atoms with Gasteiger partial charge in [0.05, 0.1) is 12.0 Å². The first kappa shape index (κ1) is 14.4. The van der Waals surface area contributed by atoms with Gasteiger partial charge in [0.15, 0.2) is 5.76 Å². The topological polar surface area (TPSA) is 89.2 Å². The number of fused-ring (bicyclic) bond motifs is 1. The number of Topliss-reactive ketones (excluding diaryl/α,β-unsaturated/α-hetero) is 1. The van der Waals surface area contributed by atoms with E-state index >= 15 is 0 Å². The Hall–Kier alpha value is -3.22. The number of ketones is 1. The molecule has 0 bridgehead atoms. The minimum atomic E-state index is -1.10. The Morgan fingerprint density at radius 1 is 1.17 bits per heavy atom. The van der Waals surface area contributed by atoms with Crippen molar-refractivity contribution in [3.8, 4) is 0 Å². The number of furan rings is 1. The number of rotatable bonds is 3. The van der Waals surface area contributed by atoms with Gasteiger partial charge in [-0.1, -0.05) is 17.3 Å². The van der Waals surface area contributed by atoms with Crippen LogP contribution in [0.15, 0.2) is 52.2 Å². The molecule has 2 aliphatic heterocycles. The van der Waals surface area contributed by atoms with Crippen molar-refractivity contribution in [1.82, 2.24) is 0 Å². The molecule has 0 radical (unpaired) electrons. The van der Waals surface area contributed by atoms with Gasteiger partial charge in [0.2, 0.25) is 17.8 Å². The lowest BCUT2D eigenvalue weighted by atomic mass is 9.96. The zero-order valence-electron chi connectivity index (χ0n) is 12.6. The third-order valence-corrected chi connectivity index (χ3v) is 4.05. The Kier molecular flexibility index (Phi) is 3.09. The third-order valence-electron chi connectivity index (χ3n) is 4.05. The van der Waals surface area contributed by atoms with Crippen molar-refractivity contribution < 1.29 is 23.6 Å². The Morgan fingerprint density at radius 3 is 2.71 bits per heavy atom. The zero-order chi connectivity index (χ0) is 16.8. The molecule has 7 nitrogen and oxygen atoms in total. The highest BCUT2D eigenvalue weighted by Gasteiger charge is 2.57. The van der Waals surface area contributed by atoms with Crippen LogP contribution in [0.2, 0.25) is 0 Å². The first-order valence-electron chi connectivity index (χ1n) is 7.34. The van der Waals surface area contributed by atoms with E-state index in [0.29, 0.717) is 5.69 Å². The largest absolute Gasteiger partial charge is 0.461 e. The highest BCUT2D eigenvalue weighted by molar-refractivity contribution is 6.52. The van der Waals surface area contributed by atoms with Crippen molar-refractivity contribution in [3.63, 3.8) is 0 Å². The summed E-state index contributed by atoms with van der Waals surface area (Å²) in [5, 5.41) is 3.66. The van der Waals surface area contributed by atoms with Crippen molar-refractivity contribution in [2.24, 2.45) is 11.1 Å². The number of hydrogen-bond acceptors (Lipinski definition) is 6. The predicted molar refractivity (Wildman–Crippen MR) is 82.5 cm³/mol. The molecule has 4 rings (SSSR count). The summed E-state index contributed by atoms with van der Waals surface area (Å²) >= 11 is 0. The molecule has 0 unspecified atom stereocenters. The van der Waals surface area contributed by atoms with Gasteiger partial charge in [-0.3, -0.25) is 14.4 Å². The lowest BCUT2D eigenvalue weighted by Gasteiger charge is -2.15. The number of benzene rings is 1. The van der Waals surface area contributed by atoms with Crippen molar-refractivity contribution in [2.45, 2.75) is 13.0 Å². The minimum Gasteiger partial charge on any atom is -0.461 e. The van der Waals surface area contributed by atoms with Gasteiger partial charge in [-0.05, 0) is 36.8 Å². The van der Waals surface area contributed by atoms with Crippen LogP contribution in [0, 0.1) is 12.8 Å². The summed E-state index contributed by atoms with van der Waals surface area (Å²) in [5.41, 5.74) is 1.25. The van der Waals surface area contributed by atoms with E-state index in [2.05, 4.69) is 5.16 Å². The standard InChI is InChI=1S/C17H12N2O5/c1-9-4-2-5-10(8-9)19-16(21)12-13(18-24-15(12)17(19)22)14(20)11-6-3-7-23-11/h2-8,12,15H,1H3/t12-,15+/m0/s1. The quantitative estimate of drug-likeness (QED) is 0.633. The number of nitrogens with zero attached hydrogens (tertiary/aromatic N) is 2. The molecule has 0 saturated carbocycles. The number of imide groups is 1. The summed E-state index contributed by atoms with van der Waals surface area (Å²) in [6.45, 7) is 1.86. The van der Waals surface area contributed by atoms with Crippen LogP contribution in [0.1, 0.15) is 16.1 Å². The molecular weight excluding hydrogens is 312 g/mol. The summed E-state index contributed by atoms with van der Waals surface area (Å²) in [5.74, 6) is -2.60. The number of carbonyl (C=O) groups is 3. The average Bonchev–Trinajstić information content (AvgIpc) is 3.27. The van der Waals surface area contributed by atoms with E-state index in [-0.39, 0.29) is 11.5 Å². The number of carbonyl (C=O) groups excluding carboxylic acids is 3. The van der Waals surface area contributed by atoms with Crippen LogP contribution < -0.4 is 4.90 Å². The van der Waals surface area contributed by atoms with E-state index in [0.717, 1.165) is 10.5 Å². The molecule has 1 aromatic heterocycles. The van der Waals surface area contributed by atoms with E-state index in [1.54, 1.807) is 24.3 Å². The average molecular weight is 324 g/mol. The molecule has 2 aliphatic rings. The molecule has 0 spiro atoms. The second kappa shape index (κ2) is 5.16. The van der Waals surface area contributed by atoms with E-state index in [1.807, 2.05) is 13.0 Å². The number of oxime groups is 1. The molecule has 0 N–H and O–H groups in total. The predicted octanol–water partition coefficient (Wildman–Crippen LogP) is 1.72. The van der Waals surface area contributed by atoms with Gasteiger partial charge >= 0.3 is 0 Å². The summed E-state index contributed by atoms with van der Waals surface area (Å²) in [6, 6.07) is 10.0. The molecule has 2 atom stereocenters. The maximum atomic E-state index is 12.8. The molecule has 3 heterocycles. The summed E-state index contributed by atoms with van der Waals surface area (Å²) in [4.78, 5) is 43.8. The molecule has 1 aromatic carbocycles. The van der Waals surface area contributed by atoms with Crippen LogP contribution in [0.3, 0.4) is 0 Å². The molecule has 1 fully saturated rings. The monoisotopic (exact) mass is 324 g/mol. The first-order chi connectivity index (χ1) is 11.6. The van der Waals surface area contributed by atoms with Crippen molar-refractivity contribution in [1.29, 1.82) is 0 Å². The van der Waals surface area contributed by atoms with Crippen molar-refractivity contribution in [3.05, 3.63) is 54.0 Å². The Labute approximate surface area is 136 Å². The fraction of sp³-hybridized carbons (Fsp3) is 0.176. The van der Waals surface area contributed by atoms with E-state index < -0.39 is 29.6 Å². The fourth-order valence-electron chi connectivity index (χ4n) is 2.92. The van der Waals surface area contributed by atoms with Crippen LogP contribution in [0.25, 0.3) is 0 Å². The van der Waals surface area contributed by atoms with Gasteiger partial charge in [-0.2, -0.15) is 0 Å². The highest BCUT2D eigenvalue weighted by Crippen LogP contribution is 2.34. The van der Waals surface area contributed by atoms with Crippen molar-refractivity contribution in [2.75, 3.05) is 4.90 Å². The Bertz CT molecular complexity index is 884. The normalized spacial score (nSPS) is 22.4. The summed E-state index contributed by atoms with van der Waals surface area (Å²) in [6.07, 6.45) is 0.244. The van der Waals surface area contributed by atoms with Gasteiger partial charge in [0, 0.05) is 0 Å². The van der Waals surface area contributed by atoms with E-state index in [1.165, 1.54) is 12.3 Å². The SMILES string of the molecule is Cc1cccc(N2C(=O)[C@H]3C(C(=O)c4ccco4)=NO[C@H]3C2=O)c1. The van der Waals surface area contributed by atoms with Crippen LogP contribution in [0.5, 0.6) is 0 Å². The lowest BCUT2D eigenvalue weighted by Crippen LogP contribution is -2.34. The highest BCUT2D eigenvalue weighted by atomic mass is 16.7. The molecule has 0 aliphatic carbocycles. The first-order valence-corrected chi connectivity index (χ1v) is 7.34. The zero-order valence-corrected chi connectivity index (χ0v) is 12.6. The van der Waals surface area contributed by atoms with Gasteiger partial charge in [-0.25, -0.2) is 4.90 Å². The molecular formula is C17H12N2O5. The molecule has 2 amide bonds. The second-order valence-electron chi connectivity index (χ2n) is 5.64. The fourth-order valence-corrected chi connectivity index (χ4v) is 2.92. The Morgan fingerprint density at radius 2 is 2.00 bits per heavy atom. The lowest BCUT2D eigenvalue weighted by molar-refractivity contribution is -0.126. The number of hydrogen-bond donors (Lipinski definition) is 0. The molecule has 1 saturated heterocycles. The van der Waals surface area contributed by atoms with Gasteiger partial charge < -0.3 is 9.25 Å². The van der Waals surface area contributed by atoms with Gasteiger partial charge in [-0.15, -0.1) is 0 Å². The van der Waals surface area contributed by atoms with Gasteiger partial charge in [0.1, 0.15) is 11.6 Å². The number of aryl methyl sites for hydroxylation is 1. The maximum absolute atomic E-state index is 12.8. The van der Waals surface area contributed by atoms with Crippen LogP contribution >= 0.6 is 0 Å². The summed E-state index contributed by atoms with van der Waals surface area (Å²) < 4.78 is 5.05. The maximum Gasteiger partial charge on any atom is 0.278 e. The molecule has 2 aromatic rings. The van der Waals surface area contributed by atoms with Crippen LogP contribution in [-0.2, 0) is 14.4 Å². The Balaban J connectivity index is 1.69. The smallest absolute Gasteiger partial charge is 0.278 e. The van der Waals surface area contributed by atoms with Crippen LogP contribution in [-0.4, -0.2) is 29.4 Å². The van der Waals surface area contributed by atoms with Crippen molar-refractivity contribution >= 4 is 29.0 Å².